The number of rotatable bonds is 4. The van der Waals surface area contributed by atoms with Crippen LogP contribution in [0.15, 0.2) is 24.5 Å². The summed E-state index contributed by atoms with van der Waals surface area (Å²) < 4.78 is 0. The van der Waals surface area contributed by atoms with E-state index in [4.69, 9.17) is 5.73 Å². The van der Waals surface area contributed by atoms with Crippen molar-refractivity contribution in [3.05, 3.63) is 41.5 Å². The Morgan fingerprint density at radius 3 is 2.68 bits per heavy atom. The van der Waals surface area contributed by atoms with Crippen LogP contribution in [0.2, 0.25) is 0 Å². The van der Waals surface area contributed by atoms with E-state index >= 15 is 0 Å². The number of nitrogen functional groups attached to an aromatic ring is 1. The summed E-state index contributed by atoms with van der Waals surface area (Å²) in [6, 6.07) is 3.68. The number of anilines is 1. The molecule has 0 aromatic carbocycles. The Morgan fingerprint density at radius 2 is 2.11 bits per heavy atom. The second-order valence-corrected chi connectivity index (χ2v) is 4.59. The molecule has 2 aromatic rings. The van der Waals surface area contributed by atoms with Gasteiger partial charge < -0.3 is 11.1 Å². The van der Waals surface area contributed by atoms with Gasteiger partial charge in [0.2, 0.25) is 0 Å². The topological polar surface area (TPSA) is 96.7 Å². The van der Waals surface area contributed by atoms with Crippen molar-refractivity contribution in [1.29, 1.82) is 0 Å². The summed E-state index contributed by atoms with van der Waals surface area (Å²) in [5.74, 6) is -0.0771. The number of H-pyrrole nitrogens is 1. The highest BCUT2D eigenvalue weighted by atomic mass is 16.1. The number of aromatic amines is 1. The third kappa shape index (κ3) is 2.90. The van der Waals surface area contributed by atoms with E-state index in [9.17, 15) is 4.79 Å². The quantitative estimate of drug-likeness (QED) is 0.774. The Morgan fingerprint density at radius 1 is 1.42 bits per heavy atom. The van der Waals surface area contributed by atoms with Crippen molar-refractivity contribution in [3.8, 4) is 0 Å². The van der Waals surface area contributed by atoms with Gasteiger partial charge in [-0.05, 0) is 23.6 Å². The first-order chi connectivity index (χ1) is 9.09. The Bertz CT molecular complexity index is 562. The molecule has 0 saturated heterocycles. The van der Waals surface area contributed by atoms with Crippen LogP contribution in [-0.4, -0.2) is 21.1 Å². The fourth-order valence-electron chi connectivity index (χ4n) is 1.74. The van der Waals surface area contributed by atoms with E-state index in [1.807, 2.05) is 26.0 Å². The molecule has 2 rings (SSSR count). The third-order valence-corrected chi connectivity index (χ3v) is 2.83. The number of nitrogens with zero attached hydrogens (tertiary/aromatic N) is 2. The van der Waals surface area contributed by atoms with Crippen LogP contribution in [0.3, 0.4) is 0 Å². The van der Waals surface area contributed by atoms with E-state index < -0.39 is 0 Å². The molecule has 0 atom stereocenters. The van der Waals surface area contributed by atoms with Crippen molar-refractivity contribution in [3.63, 3.8) is 0 Å². The maximum absolute atomic E-state index is 12.0. The van der Waals surface area contributed by atoms with E-state index in [1.54, 1.807) is 12.4 Å². The molecule has 0 aliphatic carbocycles. The Labute approximate surface area is 111 Å². The second kappa shape index (κ2) is 5.51. The van der Waals surface area contributed by atoms with Crippen LogP contribution in [0, 0.1) is 0 Å². The van der Waals surface area contributed by atoms with E-state index in [0.29, 0.717) is 12.2 Å². The zero-order valence-electron chi connectivity index (χ0n) is 11.0. The first-order valence-electron chi connectivity index (χ1n) is 6.10. The lowest BCUT2D eigenvalue weighted by atomic mass is 10.1. The molecule has 0 fully saturated rings. The fourth-order valence-corrected chi connectivity index (χ4v) is 1.74. The average Bonchev–Trinajstić information content (AvgIpc) is 2.79. The molecule has 19 heavy (non-hydrogen) atoms. The van der Waals surface area contributed by atoms with Crippen molar-refractivity contribution >= 4 is 11.6 Å². The molecule has 0 saturated carbocycles. The molecule has 0 aliphatic rings. The van der Waals surface area contributed by atoms with Gasteiger partial charge in [0.25, 0.3) is 5.91 Å². The zero-order chi connectivity index (χ0) is 13.8. The number of aromatic nitrogens is 3. The van der Waals surface area contributed by atoms with Gasteiger partial charge in [-0.25, -0.2) is 0 Å². The monoisotopic (exact) mass is 259 g/mol. The zero-order valence-corrected chi connectivity index (χ0v) is 11.0. The largest absolute Gasteiger partial charge is 0.395 e. The van der Waals surface area contributed by atoms with Gasteiger partial charge in [-0.3, -0.25) is 14.9 Å². The highest BCUT2D eigenvalue weighted by molar-refractivity contribution is 5.97. The normalized spacial score (nSPS) is 10.7. The summed E-state index contributed by atoms with van der Waals surface area (Å²) in [6.07, 6.45) is 3.36. The fraction of sp³-hybridized carbons (Fsp3) is 0.308. The maximum atomic E-state index is 12.0. The molecule has 0 spiro atoms. The number of amides is 1. The molecule has 0 aliphatic heterocycles. The van der Waals surface area contributed by atoms with Gasteiger partial charge in [-0.15, -0.1) is 0 Å². The minimum absolute atomic E-state index is 0.203. The molecule has 100 valence electrons. The maximum Gasteiger partial charge on any atom is 0.274 e. The lowest BCUT2D eigenvalue weighted by Gasteiger charge is -2.05. The van der Waals surface area contributed by atoms with Crippen LogP contribution in [0.25, 0.3) is 0 Å². The number of nitrogens with one attached hydrogen (secondary N) is 2. The predicted molar refractivity (Wildman–Crippen MR) is 72.5 cm³/mol. The van der Waals surface area contributed by atoms with Crippen LogP contribution >= 0.6 is 0 Å². The molecule has 1 amide bonds. The summed E-state index contributed by atoms with van der Waals surface area (Å²) in [5, 5.41) is 9.56. The number of pyridine rings is 1. The molecular formula is C13H17N5O. The molecule has 2 aromatic heterocycles. The van der Waals surface area contributed by atoms with Crippen LogP contribution in [-0.2, 0) is 6.54 Å². The van der Waals surface area contributed by atoms with Crippen molar-refractivity contribution in [2.24, 2.45) is 0 Å². The van der Waals surface area contributed by atoms with Crippen LogP contribution in [0.5, 0.6) is 0 Å². The van der Waals surface area contributed by atoms with Crippen molar-refractivity contribution < 1.29 is 4.79 Å². The molecular weight excluding hydrogens is 242 g/mol. The SMILES string of the molecule is CC(C)c1[nH]nc(C(=O)NCc2ccncc2)c1N. The van der Waals surface area contributed by atoms with Gasteiger partial charge in [0.05, 0.1) is 11.4 Å². The number of hydrogen-bond donors (Lipinski definition) is 3. The van der Waals surface area contributed by atoms with E-state index in [2.05, 4.69) is 20.5 Å². The second-order valence-electron chi connectivity index (χ2n) is 4.59. The Kier molecular flexibility index (Phi) is 3.79. The third-order valence-electron chi connectivity index (χ3n) is 2.83. The lowest BCUT2D eigenvalue weighted by Crippen LogP contribution is -2.24. The number of nitrogens with two attached hydrogens (primary N) is 1. The number of carbonyl (C=O) groups excluding carboxylic acids is 1. The molecule has 6 nitrogen and oxygen atoms in total. The minimum atomic E-state index is -0.280. The van der Waals surface area contributed by atoms with Crippen LogP contribution in [0.1, 0.15) is 41.5 Å². The Balaban J connectivity index is 2.05. The van der Waals surface area contributed by atoms with Crippen LogP contribution < -0.4 is 11.1 Å². The lowest BCUT2D eigenvalue weighted by molar-refractivity contribution is 0.0947. The first-order valence-corrected chi connectivity index (χ1v) is 6.10. The molecule has 6 heteroatoms. The average molecular weight is 259 g/mol. The molecule has 0 radical (unpaired) electrons. The van der Waals surface area contributed by atoms with E-state index in [-0.39, 0.29) is 17.5 Å². The highest BCUT2D eigenvalue weighted by Gasteiger charge is 2.18. The summed E-state index contributed by atoms with van der Waals surface area (Å²) in [5.41, 5.74) is 8.34. The summed E-state index contributed by atoms with van der Waals surface area (Å²) in [6.45, 7) is 4.40. The van der Waals surface area contributed by atoms with Crippen molar-refractivity contribution in [1.82, 2.24) is 20.5 Å². The molecule has 4 N–H and O–H groups in total. The van der Waals surface area contributed by atoms with Gasteiger partial charge in [-0.1, -0.05) is 13.8 Å². The van der Waals surface area contributed by atoms with E-state index in [0.717, 1.165) is 11.3 Å². The van der Waals surface area contributed by atoms with E-state index in [1.165, 1.54) is 0 Å². The van der Waals surface area contributed by atoms with Crippen molar-refractivity contribution in [2.75, 3.05) is 5.73 Å². The summed E-state index contributed by atoms with van der Waals surface area (Å²) >= 11 is 0. The van der Waals surface area contributed by atoms with Crippen LogP contribution in [0.4, 0.5) is 5.69 Å². The number of carbonyl (C=O) groups is 1. The summed E-state index contributed by atoms with van der Waals surface area (Å²) in [7, 11) is 0. The van der Waals surface area contributed by atoms with Gasteiger partial charge >= 0.3 is 0 Å². The first kappa shape index (κ1) is 13.1. The van der Waals surface area contributed by atoms with Gasteiger partial charge in [0.15, 0.2) is 5.69 Å². The van der Waals surface area contributed by atoms with Gasteiger partial charge in [-0.2, -0.15) is 5.10 Å². The minimum Gasteiger partial charge on any atom is -0.395 e. The summed E-state index contributed by atoms with van der Waals surface area (Å²) in [4.78, 5) is 15.9. The molecule has 0 unspecified atom stereocenters. The van der Waals surface area contributed by atoms with Crippen molar-refractivity contribution in [2.45, 2.75) is 26.3 Å². The standard InChI is InChI=1S/C13H17N5O/c1-8(2)11-10(14)12(18-17-11)13(19)16-7-9-3-5-15-6-4-9/h3-6,8H,7,14H2,1-2H3,(H,16,19)(H,17,18). The molecule has 2 heterocycles. The Hall–Kier alpha value is -2.37. The number of hydrogen-bond acceptors (Lipinski definition) is 4. The predicted octanol–water partition coefficient (Wildman–Crippen LogP) is 1.44. The molecule has 0 bridgehead atoms. The highest BCUT2D eigenvalue weighted by Crippen LogP contribution is 2.21. The smallest absolute Gasteiger partial charge is 0.274 e. The van der Waals surface area contributed by atoms with Gasteiger partial charge in [0.1, 0.15) is 0 Å². The van der Waals surface area contributed by atoms with Gasteiger partial charge in [0, 0.05) is 18.9 Å².